The molecule has 2 aliphatic carbocycles. The summed E-state index contributed by atoms with van der Waals surface area (Å²) >= 11 is 0. The van der Waals surface area contributed by atoms with E-state index in [-0.39, 0.29) is 10.8 Å². The molecule has 17 aromatic rings. The van der Waals surface area contributed by atoms with Crippen LogP contribution in [0.25, 0.3) is 156 Å². The minimum absolute atomic E-state index is 0.141. The van der Waals surface area contributed by atoms with Crippen molar-refractivity contribution in [3.05, 3.63) is 295 Å². The van der Waals surface area contributed by atoms with Gasteiger partial charge in [0.2, 0.25) is 0 Å². The normalized spacial score (nSPS) is 14.5. The molecule has 0 saturated heterocycles. The van der Waals surface area contributed by atoms with E-state index < -0.39 is 0 Å². The maximum Gasteiger partial charge on any atom is 0.180 e. The van der Waals surface area contributed by atoms with E-state index >= 15 is 0 Å². The molecule has 2 aliphatic rings. The number of furan rings is 3. The van der Waals surface area contributed by atoms with Crippen LogP contribution in [0.5, 0.6) is 0 Å². The van der Waals surface area contributed by atoms with Crippen LogP contribution in [-0.4, -0.2) is 24.9 Å². The van der Waals surface area contributed by atoms with Crippen LogP contribution in [-0.2, 0) is 10.8 Å². The molecule has 92 heavy (non-hydrogen) atoms. The smallest absolute Gasteiger partial charge is 0.180 e. The molecule has 0 aliphatic heterocycles. The minimum atomic E-state index is -0.351. The minimum Gasteiger partial charge on any atom is -0.455 e. The number of hydrogen-bond donors (Lipinski definition) is 0. The number of aromatic nitrogens is 5. The van der Waals surface area contributed by atoms with E-state index in [1.807, 2.05) is 66.9 Å². The molecule has 0 bridgehead atoms. The van der Waals surface area contributed by atoms with Gasteiger partial charge in [-0.05, 0) is 142 Å². The predicted molar refractivity (Wildman–Crippen MR) is 373 cm³/mol. The van der Waals surface area contributed by atoms with E-state index in [1.54, 1.807) is 0 Å². The number of pyridine rings is 1. The molecule has 0 spiro atoms. The molecule has 19 rings (SSSR count). The molecule has 8 heteroatoms. The van der Waals surface area contributed by atoms with E-state index in [0.717, 1.165) is 129 Å². The van der Waals surface area contributed by atoms with E-state index in [9.17, 15) is 0 Å². The first-order valence-corrected chi connectivity index (χ1v) is 31.7. The van der Waals surface area contributed by atoms with Gasteiger partial charge in [-0.25, -0.2) is 19.9 Å². The number of nitrogens with zero attached hydrogens (tertiary/aromatic N) is 5. The molecular weight excluding hydrogens is 1130 g/mol. The Kier molecular flexibility index (Phi) is 12.0. The predicted octanol–water partition coefficient (Wildman–Crippen LogP) is 22.0. The molecule has 0 radical (unpaired) electrons. The van der Waals surface area contributed by atoms with Crippen LogP contribution in [0.2, 0.25) is 0 Å². The molecule has 11 aromatic carbocycles. The molecule has 0 amide bonds. The van der Waals surface area contributed by atoms with Crippen LogP contribution in [0.4, 0.5) is 0 Å². The zero-order chi connectivity index (χ0) is 61.2. The number of fused-ring (bicyclic) bond motifs is 18. The molecule has 0 N–H and O–H groups in total. The second-order valence-corrected chi connectivity index (χ2v) is 24.4. The molecule has 0 fully saturated rings. The summed E-state index contributed by atoms with van der Waals surface area (Å²) in [6, 6.07) is 91.1. The van der Waals surface area contributed by atoms with Crippen LogP contribution < -0.4 is 0 Å². The van der Waals surface area contributed by atoms with Gasteiger partial charge in [-0.15, -0.1) is 0 Å². The highest BCUT2D eigenvalue weighted by Gasteiger charge is 2.45. The fraction of sp³-hybridized carbons (Fsp3) is 0.0833. The van der Waals surface area contributed by atoms with Crippen LogP contribution in [0.3, 0.4) is 0 Å². The molecule has 0 saturated carbocycles. The van der Waals surface area contributed by atoms with Gasteiger partial charge >= 0.3 is 0 Å². The lowest BCUT2D eigenvalue weighted by Crippen LogP contribution is -2.23. The summed E-state index contributed by atoms with van der Waals surface area (Å²) in [5, 5.41) is 5.35. The summed E-state index contributed by atoms with van der Waals surface area (Å²) in [6.45, 7) is 6.94. The van der Waals surface area contributed by atoms with Gasteiger partial charge in [-0.3, -0.25) is 4.98 Å². The molecule has 6 aromatic heterocycles. The van der Waals surface area contributed by atoms with Gasteiger partial charge in [0, 0.05) is 55.3 Å². The SMILES string of the molecule is CC1(c2ccccc2)c2ccccc2-c2ccc3oc4c(-c5nc(-c6ccccc6)c6cc(-c7ccccc7)ccc6n5)cccc4c3c21.CCC1(CC)c2ccc(-c3nc(-c4ccccc4)c4oc5ccccc5c4n3)cc2-c2ccc3oc4cccnc4c3c21. The first-order valence-electron chi connectivity index (χ1n) is 31.7. The third kappa shape index (κ3) is 7.93. The van der Waals surface area contributed by atoms with Crippen LogP contribution in [0.1, 0.15) is 61.4 Å². The fourth-order valence-corrected chi connectivity index (χ4v) is 15.4. The highest BCUT2D eigenvalue weighted by atomic mass is 16.3. The second kappa shape index (κ2) is 20.7. The molecule has 1 atom stereocenters. The average molecular weight is 1180 g/mol. The number of para-hydroxylation sites is 2. The molecular formula is C84H57N5O3. The fourth-order valence-electron chi connectivity index (χ4n) is 15.4. The largest absolute Gasteiger partial charge is 0.455 e. The third-order valence-corrected chi connectivity index (χ3v) is 19.8. The van der Waals surface area contributed by atoms with Crippen molar-refractivity contribution in [2.45, 2.75) is 44.4 Å². The van der Waals surface area contributed by atoms with Crippen molar-refractivity contribution in [1.29, 1.82) is 0 Å². The Morgan fingerprint density at radius 2 is 0.967 bits per heavy atom. The first-order chi connectivity index (χ1) is 45.4. The Bertz CT molecular complexity index is 5810. The average Bonchev–Trinajstić information content (AvgIpc) is 1.54. The number of rotatable bonds is 8. The van der Waals surface area contributed by atoms with Crippen molar-refractivity contribution >= 4 is 77.0 Å². The zero-order valence-electron chi connectivity index (χ0n) is 50.8. The molecule has 6 heterocycles. The highest BCUT2D eigenvalue weighted by Crippen LogP contribution is 2.58. The summed E-state index contributed by atoms with van der Waals surface area (Å²) in [6.07, 6.45) is 3.81. The lowest BCUT2D eigenvalue weighted by atomic mass is 9.72. The number of benzene rings is 11. The second-order valence-electron chi connectivity index (χ2n) is 24.4. The summed E-state index contributed by atoms with van der Waals surface area (Å²) in [4.78, 5) is 25.6. The Morgan fingerprint density at radius 3 is 1.74 bits per heavy atom. The van der Waals surface area contributed by atoms with Crippen LogP contribution >= 0.6 is 0 Å². The lowest BCUT2D eigenvalue weighted by molar-refractivity contribution is 0.494. The van der Waals surface area contributed by atoms with Crippen molar-refractivity contribution in [2.75, 3.05) is 0 Å². The maximum atomic E-state index is 6.85. The van der Waals surface area contributed by atoms with Gasteiger partial charge in [0.1, 0.15) is 39.1 Å². The third-order valence-electron chi connectivity index (χ3n) is 19.8. The monoisotopic (exact) mass is 1180 g/mol. The summed E-state index contributed by atoms with van der Waals surface area (Å²) in [5.41, 5.74) is 26.5. The van der Waals surface area contributed by atoms with E-state index in [4.69, 9.17) is 38.2 Å². The molecule has 8 nitrogen and oxygen atoms in total. The van der Waals surface area contributed by atoms with Gasteiger partial charge < -0.3 is 13.3 Å². The van der Waals surface area contributed by atoms with Crippen LogP contribution in [0, 0.1) is 0 Å². The Morgan fingerprint density at radius 1 is 0.348 bits per heavy atom. The number of hydrogen-bond acceptors (Lipinski definition) is 8. The Labute approximate surface area is 530 Å². The van der Waals surface area contributed by atoms with E-state index in [0.29, 0.717) is 17.2 Å². The topological polar surface area (TPSA) is 104 Å². The summed E-state index contributed by atoms with van der Waals surface area (Å²) in [5.74, 6) is 1.33. The van der Waals surface area contributed by atoms with Crippen molar-refractivity contribution in [2.24, 2.45) is 0 Å². The van der Waals surface area contributed by atoms with Gasteiger partial charge in [-0.2, -0.15) is 0 Å². The van der Waals surface area contributed by atoms with E-state index in [2.05, 4.69) is 221 Å². The quantitative estimate of drug-likeness (QED) is 0.148. The van der Waals surface area contributed by atoms with Crippen molar-refractivity contribution in [3.63, 3.8) is 0 Å². The van der Waals surface area contributed by atoms with Crippen molar-refractivity contribution in [3.8, 4) is 78.7 Å². The summed E-state index contributed by atoms with van der Waals surface area (Å²) in [7, 11) is 0. The Hall–Kier alpha value is -11.6. The summed E-state index contributed by atoms with van der Waals surface area (Å²) < 4.78 is 19.5. The van der Waals surface area contributed by atoms with Crippen LogP contribution in [0.15, 0.2) is 280 Å². The standard InChI is InChI=1S/C46H30N2O.C38H27N3O2/c1-46(32-18-9-4-10-19-32)38-23-12-11-20-33(38)34-25-27-40-41(42(34)46)35-21-13-22-36(44(35)49-40)45-47-39-26-24-31(29-14-5-2-6-15-29)28-37(39)43(48-45)30-16-7-3-8-17-30;1-3-38(4-2)27-18-16-23(21-26(27)24-17-19-29-31(32(24)38)35-30(42-29)15-10-20-39-35)37-40-33(22-11-6-5-7-12-22)36-34(41-37)25-13-8-9-14-28(25)43-36/h2-28H,1H3;5-21H,3-4H2,1-2H3. The lowest BCUT2D eigenvalue weighted by Gasteiger charge is -2.30. The van der Waals surface area contributed by atoms with Gasteiger partial charge in [0.15, 0.2) is 22.8 Å². The van der Waals surface area contributed by atoms with Crippen molar-refractivity contribution < 1.29 is 13.3 Å². The zero-order valence-corrected chi connectivity index (χ0v) is 50.8. The molecule has 436 valence electrons. The van der Waals surface area contributed by atoms with Gasteiger partial charge in [0.05, 0.1) is 22.2 Å². The maximum absolute atomic E-state index is 6.85. The highest BCUT2D eigenvalue weighted by molar-refractivity contribution is 6.15. The first kappa shape index (κ1) is 53.4. The molecule has 1 unspecified atom stereocenters. The van der Waals surface area contributed by atoms with Gasteiger partial charge in [-0.1, -0.05) is 214 Å². The Balaban J connectivity index is 0.000000137. The van der Waals surface area contributed by atoms with E-state index in [1.165, 1.54) is 50.1 Å². The van der Waals surface area contributed by atoms with Crippen molar-refractivity contribution in [1.82, 2.24) is 24.9 Å². The van der Waals surface area contributed by atoms with Gasteiger partial charge in [0.25, 0.3) is 0 Å².